The summed E-state index contributed by atoms with van der Waals surface area (Å²) in [4.78, 5) is 0.0241. The highest BCUT2D eigenvalue weighted by atomic mass is 32.2. The molecule has 2 aromatic carbocycles. The van der Waals surface area contributed by atoms with Gasteiger partial charge in [-0.1, -0.05) is 24.3 Å². The molecule has 0 heterocycles. The van der Waals surface area contributed by atoms with Gasteiger partial charge in [-0.15, -0.1) is 0 Å². The van der Waals surface area contributed by atoms with Gasteiger partial charge in [0.25, 0.3) is 0 Å². The number of hydrogen-bond acceptors (Lipinski definition) is 5. The molecule has 3 rings (SSSR count). The molecule has 1 aliphatic rings. The maximum absolute atomic E-state index is 12.1. The van der Waals surface area contributed by atoms with Gasteiger partial charge in [0.15, 0.2) is 19.7 Å². The van der Waals surface area contributed by atoms with Crippen molar-refractivity contribution in [3.63, 3.8) is 0 Å². The maximum atomic E-state index is 12.1. The number of anilines is 1. The second-order valence-corrected chi connectivity index (χ2v) is 10.9. The maximum Gasteiger partial charge on any atom is 0.177 e. The third kappa shape index (κ3) is 4.10. The molecule has 1 aliphatic carbocycles. The van der Waals surface area contributed by atoms with Crippen LogP contribution in [0.5, 0.6) is 0 Å². The van der Waals surface area contributed by atoms with Crippen molar-refractivity contribution in [2.45, 2.75) is 35.0 Å². The van der Waals surface area contributed by atoms with Gasteiger partial charge in [0.2, 0.25) is 0 Å². The van der Waals surface area contributed by atoms with Gasteiger partial charge in [0.1, 0.15) is 0 Å². The van der Waals surface area contributed by atoms with E-state index in [0.717, 1.165) is 31.8 Å². The molecule has 0 aliphatic heterocycles. The normalized spacial score (nSPS) is 17.5. The van der Waals surface area contributed by atoms with E-state index in [-0.39, 0.29) is 9.79 Å². The predicted octanol–water partition coefficient (Wildman–Crippen LogP) is 3.03. The Morgan fingerprint density at radius 3 is 2.42 bits per heavy atom. The molecule has 0 bridgehead atoms. The number of benzene rings is 2. The standard InChI is InChI=1S/C19H23NO4S2/c1-25(21,22)16-10-11-18(19(12-16)26(2,23)24)20-13-15-8-5-7-14-6-3-4-9-17(14)15/h3-4,6,9-12,15,20H,5,7-8,13H2,1-2H3/t15-/m0/s1. The summed E-state index contributed by atoms with van der Waals surface area (Å²) < 4.78 is 47.8. The average Bonchev–Trinajstić information content (AvgIpc) is 2.58. The molecule has 0 saturated carbocycles. The van der Waals surface area contributed by atoms with Gasteiger partial charge in [-0.3, -0.25) is 0 Å². The van der Waals surface area contributed by atoms with E-state index in [0.29, 0.717) is 18.2 Å². The molecule has 1 atom stereocenters. The van der Waals surface area contributed by atoms with Crippen LogP contribution in [-0.4, -0.2) is 35.9 Å². The molecule has 0 amide bonds. The zero-order chi connectivity index (χ0) is 18.9. The first-order chi connectivity index (χ1) is 12.2. The van der Waals surface area contributed by atoms with E-state index in [1.54, 1.807) is 6.07 Å². The summed E-state index contributed by atoms with van der Waals surface area (Å²) in [7, 11) is -7.03. The van der Waals surface area contributed by atoms with Crippen molar-refractivity contribution in [1.29, 1.82) is 0 Å². The summed E-state index contributed by atoms with van der Waals surface area (Å²) in [6.45, 7) is 0.609. The zero-order valence-electron chi connectivity index (χ0n) is 14.9. The lowest BCUT2D eigenvalue weighted by Gasteiger charge is -2.26. The second-order valence-electron chi connectivity index (χ2n) is 6.87. The van der Waals surface area contributed by atoms with Crippen molar-refractivity contribution in [3.8, 4) is 0 Å². The Balaban J connectivity index is 1.89. The van der Waals surface area contributed by atoms with Crippen molar-refractivity contribution in [3.05, 3.63) is 53.6 Å². The molecule has 0 unspecified atom stereocenters. The Morgan fingerprint density at radius 2 is 1.73 bits per heavy atom. The number of aryl methyl sites for hydroxylation is 1. The molecule has 2 aromatic rings. The van der Waals surface area contributed by atoms with E-state index in [1.807, 2.05) is 12.1 Å². The first-order valence-corrected chi connectivity index (χ1v) is 12.3. The van der Waals surface area contributed by atoms with Crippen LogP contribution >= 0.6 is 0 Å². The predicted molar refractivity (Wildman–Crippen MR) is 103 cm³/mol. The fraction of sp³-hybridized carbons (Fsp3) is 0.368. The monoisotopic (exact) mass is 393 g/mol. The second kappa shape index (κ2) is 7.04. The molecule has 0 radical (unpaired) electrons. The van der Waals surface area contributed by atoms with E-state index in [2.05, 4.69) is 17.4 Å². The summed E-state index contributed by atoms with van der Waals surface area (Å²) in [6.07, 6.45) is 5.38. The van der Waals surface area contributed by atoms with E-state index >= 15 is 0 Å². The quantitative estimate of drug-likeness (QED) is 0.845. The molecule has 7 heteroatoms. The number of sulfone groups is 2. The summed E-state index contributed by atoms with van der Waals surface area (Å²) in [5, 5.41) is 3.24. The van der Waals surface area contributed by atoms with E-state index in [9.17, 15) is 16.8 Å². The largest absolute Gasteiger partial charge is 0.383 e. The smallest absolute Gasteiger partial charge is 0.177 e. The van der Waals surface area contributed by atoms with Crippen molar-refractivity contribution in [2.24, 2.45) is 0 Å². The Hall–Kier alpha value is -1.86. The zero-order valence-corrected chi connectivity index (χ0v) is 16.5. The third-order valence-corrected chi connectivity index (χ3v) is 7.06. The van der Waals surface area contributed by atoms with Crippen LogP contribution in [0.15, 0.2) is 52.3 Å². The van der Waals surface area contributed by atoms with E-state index in [1.165, 1.54) is 23.3 Å². The van der Waals surface area contributed by atoms with Crippen LogP contribution in [0.25, 0.3) is 0 Å². The van der Waals surface area contributed by atoms with Gasteiger partial charge in [-0.05, 0) is 48.6 Å². The lowest BCUT2D eigenvalue weighted by Crippen LogP contribution is -2.19. The minimum Gasteiger partial charge on any atom is -0.383 e. The van der Waals surface area contributed by atoms with Gasteiger partial charge in [-0.25, -0.2) is 16.8 Å². The first-order valence-electron chi connectivity index (χ1n) is 8.52. The van der Waals surface area contributed by atoms with Crippen LogP contribution in [-0.2, 0) is 26.1 Å². The molecule has 0 saturated heterocycles. The molecule has 0 spiro atoms. The Labute approximate surface area is 155 Å². The SMILES string of the molecule is CS(=O)(=O)c1ccc(NC[C@@H]2CCCc3ccccc32)c(S(C)(=O)=O)c1. The number of fused-ring (bicyclic) bond motifs is 1. The molecule has 26 heavy (non-hydrogen) atoms. The van der Waals surface area contributed by atoms with Crippen molar-refractivity contribution in [1.82, 2.24) is 0 Å². The van der Waals surface area contributed by atoms with Crippen LogP contribution in [0.2, 0.25) is 0 Å². The summed E-state index contributed by atoms with van der Waals surface area (Å²) >= 11 is 0. The fourth-order valence-corrected chi connectivity index (χ4v) is 5.09. The van der Waals surface area contributed by atoms with Crippen LogP contribution in [0, 0.1) is 0 Å². The molecule has 5 nitrogen and oxygen atoms in total. The van der Waals surface area contributed by atoms with Crippen LogP contribution in [0.3, 0.4) is 0 Å². The lowest BCUT2D eigenvalue weighted by molar-refractivity contribution is 0.571. The van der Waals surface area contributed by atoms with Gasteiger partial charge >= 0.3 is 0 Å². The Morgan fingerprint density at radius 1 is 1.00 bits per heavy atom. The van der Waals surface area contributed by atoms with Crippen molar-refractivity contribution in [2.75, 3.05) is 24.4 Å². The molecule has 140 valence electrons. The van der Waals surface area contributed by atoms with Gasteiger partial charge in [0, 0.05) is 25.0 Å². The van der Waals surface area contributed by atoms with Crippen LogP contribution in [0.1, 0.15) is 29.9 Å². The summed E-state index contributed by atoms with van der Waals surface area (Å²) in [5.74, 6) is 0.307. The number of hydrogen-bond donors (Lipinski definition) is 1. The fourth-order valence-electron chi connectivity index (χ4n) is 3.49. The highest BCUT2D eigenvalue weighted by Crippen LogP contribution is 2.32. The van der Waals surface area contributed by atoms with Crippen LogP contribution < -0.4 is 5.32 Å². The van der Waals surface area contributed by atoms with Gasteiger partial charge < -0.3 is 5.32 Å². The summed E-state index contributed by atoms with van der Waals surface area (Å²) in [6, 6.07) is 12.6. The van der Waals surface area contributed by atoms with Crippen molar-refractivity contribution < 1.29 is 16.8 Å². The van der Waals surface area contributed by atoms with E-state index in [4.69, 9.17) is 0 Å². The minimum atomic E-state index is -3.56. The number of nitrogens with one attached hydrogen (secondary N) is 1. The number of rotatable bonds is 5. The van der Waals surface area contributed by atoms with E-state index < -0.39 is 19.7 Å². The lowest BCUT2D eigenvalue weighted by atomic mass is 9.83. The third-order valence-electron chi connectivity index (χ3n) is 4.81. The van der Waals surface area contributed by atoms with Crippen LogP contribution in [0.4, 0.5) is 5.69 Å². The first kappa shape index (κ1) is 18.9. The topological polar surface area (TPSA) is 80.3 Å². The van der Waals surface area contributed by atoms with Crippen molar-refractivity contribution >= 4 is 25.4 Å². The molecule has 1 N–H and O–H groups in total. The molecular weight excluding hydrogens is 370 g/mol. The molecular formula is C19H23NO4S2. The molecule has 0 fully saturated rings. The van der Waals surface area contributed by atoms with Gasteiger partial charge in [0.05, 0.1) is 15.5 Å². The minimum absolute atomic E-state index is 0.00601. The summed E-state index contributed by atoms with van der Waals surface area (Å²) in [5.41, 5.74) is 3.10. The molecule has 0 aromatic heterocycles. The Kier molecular flexibility index (Phi) is 5.12. The Bertz CT molecular complexity index is 1030. The highest BCUT2D eigenvalue weighted by Gasteiger charge is 2.22. The van der Waals surface area contributed by atoms with Gasteiger partial charge in [-0.2, -0.15) is 0 Å². The average molecular weight is 394 g/mol. The highest BCUT2D eigenvalue weighted by molar-refractivity contribution is 7.91.